The Hall–Kier alpha value is -1.95. The van der Waals surface area contributed by atoms with Gasteiger partial charge >= 0.3 is 5.97 Å². The van der Waals surface area contributed by atoms with Crippen LogP contribution >= 0.6 is 11.6 Å². The fraction of sp³-hybridized carbons (Fsp3) is 0.385. The summed E-state index contributed by atoms with van der Waals surface area (Å²) in [6.45, 7) is 0.325. The number of tetrazole rings is 1. The van der Waals surface area contributed by atoms with E-state index < -0.39 is 11.4 Å². The van der Waals surface area contributed by atoms with Gasteiger partial charge in [-0.3, -0.25) is 4.79 Å². The molecule has 1 N–H and O–H groups in total. The third kappa shape index (κ3) is 2.51. The monoisotopic (exact) mass is 292 g/mol. The van der Waals surface area contributed by atoms with Crippen LogP contribution in [0.1, 0.15) is 24.2 Å². The predicted molar refractivity (Wildman–Crippen MR) is 71.4 cm³/mol. The Labute approximate surface area is 120 Å². The van der Waals surface area contributed by atoms with E-state index in [0.717, 1.165) is 5.56 Å². The number of carbonyl (C=O) groups is 1. The molecule has 1 aliphatic carbocycles. The molecule has 7 heteroatoms. The first-order valence-corrected chi connectivity index (χ1v) is 6.70. The van der Waals surface area contributed by atoms with E-state index in [2.05, 4.69) is 15.5 Å². The van der Waals surface area contributed by atoms with Crippen LogP contribution in [0.25, 0.3) is 0 Å². The topological polar surface area (TPSA) is 80.9 Å². The Balaban J connectivity index is 1.79. The molecular formula is C13H13ClN4O2. The average Bonchev–Trinajstić information content (AvgIpc) is 3.06. The Kier molecular flexibility index (Phi) is 3.17. The van der Waals surface area contributed by atoms with E-state index in [1.807, 2.05) is 18.2 Å². The lowest BCUT2D eigenvalue weighted by molar-refractivity contribution is -0.144. The van der Waals surface area contributed by atoms with Gasteiger partial charge in [-0.1, -0.05) is 23.7 Å². The van der Waals surface area contributed by atoms with Crippen LogP contribution in [-0.4, -0.2) is 31.3 Å². The first-order valence-electron chi connectivity index (χ1n) is 6.32. The molecule has 0 bridgehead atoms. The van der Waals surface area contributed by atoms with Gasteiger partial charge in [0.25, 0.3) is 0 Å². The van der Waals surface area contributed by atoms with Gasteiger partial charge in [-0.25, -0.2) is 4.68 Å². The van der Waals surface area contributed by atoms with Gasteiger partial charge in [-0.2, -0.15) is 0 Å². The van der Waals surface area contributed by atoms with Gasteiger partial charge in [-0.05, 0) is 41.0 Å². The molecular weight excluding hydrogens is 280 g/mol. The van der Waals surface area contributed by atoms with Gasteiger partial charge in [0.1, 0.15) is 0 Å². The van der Waals surface area contributed by atoms with Crippen molar-refractivity contribution in [2.24, 2.45) is 5.41 Å². The van der Waals surface area contributed by atoms with Crippen molar-refractivity contribution in [3.05, 3.63) is 40.7 Å². The molecule has 0 saturated heterocycles. The molecule has 1 heterocycles. The van der Waals surface area contributed by atoms with E-state index in [4.69, 9.17) is 11.6 Å². The van der Waals surface area contributed by atoms with Crippen LogP contribution in [0.3, 0.4) is 0 Å². The molecule has 1 aliphatic rings. The molecule has 20 heavy (non-hydrogen) atoms. The van der Waals surface area contributed by atoms with E-state index in [1.165, 1.54) is 0 Å². The van der Waals surface area contributed by atoms with Crippen LogP contribution in [0.5, 0.6) is 0 Å². The van der Waals surface area contributed by atoms with E-state index in [9.17, 15) is 9.90 Å². The molecule has 1 fully saturated rings. The lowest BCUT2D eigenvalue weighted by atomic mass is 10.1. The maximum atomic E-state index is 11.2. The summed E-state index contributed by atoms with van der Waals surface area (Å²) >= 11 is 5.95. The highest BCUT2D eigenvalue weighted by molar-refractivity contribution is 6.30. The molecule has 2 aromatic rings. The maximum absolute atomic E-state index is 11.2. The van der Waals surface area contributed by atoms with E-state index in [-0.39, 0.29) is 0 Å². The van der Waals surface area contributed by atoms with Gasteiger partial charge in [0.05, 0.1) is 12.0 Å². The minimum Gasteiger partial charge on any atom is -0.481 e. The molecule has 104 valence electrons. The van der Waals surface area contributed by atoms with Crippen molar-refractivity contribution >= 4 is 17.6 Å². The summed E-state index contributed by atoms with van der Waals surface area (Å²) in [5.74, 6) is -0.124. The summed E-state index contributed by atoms with van der Waals surface area (Å²) in [6, 6.07) is 7.46. The number of benzene rings is 1. The smallest absolute Gasteiger partial charge is 0.311 e. The Morgan fingerprint density at radius 2 is 2.25 bits per heavy atom. The molecule has 0 unspecified atom stereocenters. The number of hydrogen-bond donors (Lipinski definition) is 1. The Bertz CT molecular complexity index is 651. The van der Waals surface area contributed by atoms with Crippen molar-refractivity contribution in [1.82, 2.24) is 20.2 Å². The number of aliphatic carboxylic acids is 1. The van der Waals surface area contributed by atoms with Crippen molar-refractivity contribution < 1.29 is 9.90 Å². The fourth-order valence-electron chi connectivity index (χ4n) is 2.18. The molecule has 1 saturated carbocycles. The molecule has 0 spiro atoms. The molecule has 3 rings (SSSR count). The molecule has 0 amide bonds. The average molecular weight is 293 g/mol. The Morgan fingerprint density at radius 1 is 1.45 bits per heavy atom. The lowest BCUT2D eigenvalue weighted by Gasteiger charge is -2.10. The SMILES string of the molecule is O=C(O)C1(Cn2nnnc2Cc2cccc(Cl)c2)CC1. The second-order valence-electron chi connectivity index (χ2n) is 5.14. The highest BCUT2D eigenvalue weighted by atomic mass is 35.5. The molecule has 0 atom stereocenters. The van der Waals surface area contributed by atoms with Crippen LogP contribution in [0.4, 0.5) is 0 Å². The van der Waals surface area contributed by atoms with Gasteiger partial charge in [-0.15, -0.1) is 5.10 Å². The van der Waals surface area contributed by atoms with Crippen LogP contribution in [0.15, 0.2) is 24.3 Å². The highest BCUT2D eigenvalue weighted by Gasteiger charge is 2.51. The Morgan fingerprint density at radius 3 is 2.90 bits per heavy atom. The van der Waals surface area contributed by atoms with Crippen LogP contribution in [-0.2, 0) is 17.8 Å². The maximum Gasteiger partial charge on any atom is 0.311 e. The van der Waals surface area contributed by atoms with Crippen molar-refractivity contribution in [2.45, 2.75) is 25.8 Å². The zero-order valence-corrected chi connectivity index (χ0v) is 11.4. The molecule has 0 radical (unpaired) electrons. The summed E-state index contributed by atoms with van der Waals surface area (Å²) in [7, 11) is 0. The zero-order valence-electron chi connectivity index (χ0n) is 10.7. The first kappa shape index (κ1) is 13.1. The van der Waals surface area contributed by atoms with E-state index in [0.29, 0.717) is 36.7 Å². The van der Waals surface area contributed by atoms with Crippen molar-refractivity contribution in [1.29, 1.82) is 0 Å². The van der Waals surface area contributed by atoms with Crippen molar-refractivity contribution in [3.8, 4) is 0 Å². The number of nitrogens with zero attached hydrogens (tertiary/aromatic N) is 4. The lowest BCUT2D eigenvalue weighted by Crippen LogP contribution is -2.23. The number of carboxylic acid groups (broad SMARTS) is 1. The van der Waals surface area contributed by atoms with Gasteiger partial charge in [0, 0.05) is 11.4 Å². The molecule has 1 aromatic heterocycles. The van der Waals surface area contributed by atoms with Crippen LogP contribution in [0, 0.1) is 5.41 Å². The van der Waals surface area contributed by atoms with Crippen molar-refractivity contribution in [2.75, 3.05) is 0 Å². The number of carboxylic acids is 1. The summed E-state index contributed by atoms with van der Waals surface area (Å²) in [5, 5.41) is 21.4. The predicted octanol–water partition coefficient (Wildman–Crippen LogP) is 1.78. The van der Waals surface area contributed by atoms with Gasteiger partial charge in [0.15, 0.2) is 5.82 Å². The highest BCUT2D eigenvalue weighted by Crippen LogP contribution is 2.47. The van der Waals surface area contributed by atoms with Gasteiger partial charge < -0.3 is 5.11 Å². The second-order valence-corrected chi connectivity index (χ2v) is 5.58. The summed E-state index contributed by atoms with van der Waals surface area (Å²) in [4.78, 5) is 11.2. The van der Waals surface area contributed by atoms with E-state index in [1.54, 1.807) is 10.7 Å². The molecule has 6 nitrogen and oxygen atoms in total. The molecule has 0 aliphatic heterocycles. The normalized spacial score (nSPS) is 16.1. The first-order chi connectivity index (χ1) is 9.59. The standard InChI is InChI=1S/C13H13ClN4O2/c14-10-3-1-2-9(6-10)7-11-15-16-17-18(11)8-13(4-5-13)12(19)20/h1-3,6H,4-5,7-8H2,(H,19,20). The zero-order chi connectivity index (χ0) is 14.2. The largest absolute Gasteiger partial charge is 0.481 e. The third-order valence-corrected chi connectivity index (χ3v) is 3.85. The molecule has 1 aromatic carbocycles. The quantitative estimate of drug-likeness (QED) is 0.908. The van der Waals surface area contributed by atoms with Gasteiger partial charge in [0.2, 0.25) is 0 Å². The third-order valence-electron chi connectivity index (χ3n) is 3.62. The van der Waals surface area contributed by atoms with Crippen molar-refractivity contribution in [3.63, 3.8) is 0 Å². The number of rotatable bonds is 5. The number of aromatic nitrogens is 4. The fourth-order valence-corrected chi connectivity index (χ4v) is 2.39. The summed E-state index contributed by atoms with van der Waals surface area (Å²) in [6.07, 6.45) is 1.89. The minimum absolute atomic E-state index is 0.325. The number of halogens is 1. The summed E-state index contributed by atoms with van der Waals surface area (Å²) in [5.41, 5.74) is 0.312. The minimum atomic E-state index is -0.776. The summed E-state index contributed by atoms with van der Waals surface area (Å²) < 4.78 is 1.59. The second kappa shape index (κ2) is 4.86. The van der Waals surface area contributed by atoms with E-state index >= 15 is 0 Å². The van der Waals surface area contributed by atoms with Crippen LogP contribution in [0.2, 0.25) is 5.02 Å². The number of hydrogen-bond acceptors (Lipinski definition) is 4. The van der Waals surface area contributed by atoms with Crippen LogP contribution < -0.4 is 0 Å².